The first-order valence-corrected chi connectivity index (χ1v) is 11.7. The summed E-state index contributed by atoms with van der Waals surface area (Å²) >= 11 is 0. The smallest absolute Gasteiger partial charge is 0.116 e. The van der Waals surface area contributed by atoms with Gasteiger partial charge in [0.1, 0.15) is 16.5 Å². The van der Waals surface area contributed by atoms with Crippen LogP contribution in [0.5, 0.6) is 0 Å². The third kappa shape index (κ3) is 10.4. The van der Waals surface area contributed by atoms with Gasteiger partial charge < -0.3 is 9.96 Å². The molecule has 12 heavy (non-hydrogen) atoms. The van der Waals surface area contributed by atoms with Gasteiger partial charge >= 0.3 is 0 Å². The van der Waals surface area contributed by atoms with Gasteiger partial charge in [-0.25, -0.2) is 0 Å². The lowest BCUT2D eigenvalue weighted by Gasteiger charge is -2.22. The van der Waals surface area contributed by atoms with Gasteiger partial charge in [-0.05, 0) is 0 Å². The molecule has 2 nitrogen and oxygen atoms in total. The van der Waals surface area contributed by atoms with Crippen molar-refractivity contribution in [2.75, 3.05) is 13.1 Å². The van der Waals surface area contributed by atoms with Crippen LogP contribution in [0.2, 0.25) is 39.3 Å². The van der Waals surface area contributed by atoms with Crippen LogP contribution >= 0.6 is 0 Å². The fourth-order valence-electron chi connectivity index (χ4n) is 0.875. The first kappa shape index (κ1) is 12.4. The topological polar surface area (TPSA) is 24.1 Å². The molecule has 0 spiro atoms. The van der Waals surface area contributed by atoms with Gasteiger partial charge in [0.15, 0.2) is 0 Å². The molecule has 0 saturated carbocycles. The number of hydrogen-bond donors (Lipinski definition) is 2. The third-order valence-corrected chi connectivity index (χ3v) is 4.06. The van der Waals surface area contributed by atoms with Crippen molar-refractivity contribution >= 4 is 16.5 Å². The summed E-state index contributed by atoms with van der Waals surface area (Å²) in [5, 5.41) is 0. The maximum Gasteiger partial charge on any atom is 0.116 e. The van der Waals surface area contributed by atoms with Gasteiger partial charge in [-0.15, -0.1) is 0 Å². The summed E-state index contributed by atoms with van der Waals surface area (Å²) in [5.74, 6) is 0. The first-order chi connectivity index (χ1) is 5.21. The van der Waals surface area contributed by atoms with Gasteiger partial charge in [0.2, 0.25) is 0 Å². The summed E-state index contributed by atoms with van der Waals surface area (Å²) in [7, 11) is -2.06. The highest BCUT2D eigenvalue weighted by Gasteiger charge is 2.13. The van der Waals surface area contributed by atoms with Gasteiger partial charge in [-0.2, -0.15) is 0 Å². The minimum atomic E-state index is -1.03. The molecule has 0 aliphatic carbocycles. The minimum Gasteiger partial charge on any atom is -0.336 e. The molecule has 0 atom stereocenters. The van der Waals surface area contributed by atoms with Crippen LogP contribution in [0.3, 0.4) is 0 Å². The molecule has 0 aliphatic heterocycles. The summed E-state index contributed by atoms with van der Waals surface area (Å²) in [5.41, 5.74) is 0. The molecule has 0 aliphatic rings. The second-order valence-electron chi connectivity index (χ2n) is 5.35. The van der Waals surface area contributed by atoms with Crippen LogP contribution in [0.15, 0.2) is 0 Å². The molecule has 0 aromatic rings. The van der Waals surface area contributed by atoms with Gasteiger partial charge in [-0.3, -0.25) is 0 Å². The molecular formula is C8H24N2Si2. The largest absolute Gasteiger partial charge is 0.336 e. The zero-order chi connectivity index (χ0) is 9.83. The Morgan fingerprint density at radius 3 is 1.08 bits per heavy atom. The van der Waals surface area contributed by atoms with Gasteiger partial charge in [0, 0.05) is 13.1 Å². The van der Waals surface area contributed by atoms with Crippen molar-refractivity contribution in [1.82, 2.24) is 9.96 Å². The average molecular weight is 204 g/mol. The van der Waals surface area contributed by atoms with E-state index in [1.54, 1.807) is 0 Å². The molecule has 0 amide bonds. The van der Waals surface area contributed by atoms with Crippen LogP contribution < -0.4 is 9.96 Å². The highest BCUT2D eigenvalue weighted by atomic mass is 28.3. The Labute approximate surface area is 79.3 Å². The second kappa shape index (κ2) is 4.55. The van der Waals surface area contributed by atoms with Crippen molar-refractivity contribution in [2.24, 2.45) is 0 Å². The Morgan fingerprint density at radius 2 is 0.917 bits per heavy atom. The SMILES string of the molecule is C[Si](C)(C)NCCN[Si](C)(C)C. The molecule has 0 fully saturated rings. The van der Waals surface area contributed by atoms with E-state index in [-0.39, 0.29) is 0 Å². The van der Waals surface area contributed by atoms with E-state index in [2.05, 4.69) is 49.2 Å². The van der Waals surface area contributed by atoms with E-state index in [4.69, 9.17) is 0 Å². The Kier molecular flexibility index (Phi) is 4.69. The molecule has 74 valence electrons. The minimum absolute atomic E-state index is 1.03. The van der Waals surface area contributed by atoms with Crippen molar-refractivity contribution in [1.29, 1.82) is 0 Å². The fourth-order valence-corrected chi connectivity index (χ4v) is 2.62. The number of hydrogen-bond acceptors (Lipinski definition) is 2. The number of rotatable bonds is 5. The van der Waals surface area contributed by atoms with Crippen molar-refractivity contribution in [3.63, 3.8) is 0 Å². The van der Waals surface area contributed by atoms with Gasteiger partial charge in [-0.1, -0.05) is 39.3 Å². The maximum atomic E-state index is 3.59. The highest BCUT2D eigenvalue weighted by Crippen LogP contribution is 1.94. The molecule has 2 N–H and O–H groups in total. The predicted molar refractivity (Wildman–Crippen MR) is 62.7 cm³/mol. The summed E-state index contributed by atoms with van der Waals surface area (Å²) in [6, 6.07) is 0. The Balaban J connectivity index is 3.35. The lowest BCUT2D eigenvalue weighted by molar-refractivity contribution is 0.813. The monoisotopic (exact) mass is 204 g/mol. The number of nitrogens with one attached hydrogen (secondary N) is 2. The van der Waals surface area contributed by atoms with E-state index >= 15 is 0 Å². The van der Waals surface area contributed by atoms with Gasteiger partial charge in [0.05, 0.1) is 0 Å². The normalized spacial score (nSPS) is 13.5. The zero-order valence-electron chi connectivity index (χ0n) is 9.41. The van der Waals surface area contributed by atoms with E-state index in [1.165, 1.54) is 0 Å². The van der Waals surface area contributed by atoms with Crippen LogP contribution in [-0.2, 0) is 0 Å². The first-order valence-electron chi connectivity index (χ1n) is 4.71. The molecule has 0 radical (unpaired) electrons. The van der Waals surface area contributed by atoms with Crippen molar-refractivity contribution < 1.29 is 0 Å². The lowest BCUT2D eigenvalue weighted by atomic mass is 10.7. The van der Waals surface area contributed by atoms with Crippen LogP contribution in [0.1, 0.15) is 0 Å². The van der Waals surface area contributed by atoms with E-state index in [1.807, 2.05) is 0 Å². The zero-order valence-corrected chi connectivity index (χ0v) is 11.4. The van der Waals surface area contributed by atoms with Crippen LogP contribution in [0.4, 0.5) is 0 Å². The van der Waals surface area contributed by atoms with E-state index in [0.29, 0.717) is 0 Å². The summed E-state index contributed by atoms with van der Waals surface area (Å²) in [4.78, 5) is 7.19. The molecule has 0 aromatic carbocycles. The molecular weight excluding hydrogens is 180 g/mol. The third-order valence-electron chi connectivity index (χ3n) is 1.44. The van der Waals surface area contributed by atoms with Crippen molar-refractivity contribution in [2.45, 2.75) is 39.3 Å². The van der Waals surface area contributed by atoms with Crippen LogP contribution in [0.25, 0.3) is 0 Å². The molecule has 0 unspecified atom stereocenters. The predicted octanol–water partition coefficient (Wildman–Crippen LogP) is 1.84. The molecule has 0 heterocycles. The summed E-state index contributed by atoms with van der Waals surface area (Å²) in [6.07, 6.45) is 0. The maximum absolute atomic E-state index is 3.59. The van der Waals surface area contributed by atoms with Crippen LogP contribution in [-0.4, -0.2) is 29.6 Å². The fraction of sp³-hybridized carbons (Fsp3) is 1.00. The molecule has 0 bridgehead atoms. The standard InChI is InChI=1S/C8H24N2Si2/c1-11(2,3)9-7-8-10-12(4,5)6/h9-10H,7-8H2,1-6H3. The Morgan fingerprint density at radius 1 is 0.667 bits per heavy atom. The Hall–Kier alpha value is 0.354. The van der Waals surface area contributed by atoms with Crippen molar-refractivity contribution in [3.05, 3.63) is 0 Å². The summed E-state index contributed by atoms with van der Waals surface area (Å²) < 4.78 is 0. The summed E-state index contributed by atoms with van der Waals surface area (Å²) in [6.45, 7) is 16.3. The second-order valence-corrected chi connectivity index (χ2v) is 15.1. The molecule has 0 rings (SSSR count). The lowest BCUT2D eigenvalue weighted by Crippen LogP contribution is -2.49. The molecule has 0 saturated heterocycles. The van der Waals surface area contributed by atoms with E-state index in [9.17, 15) is 0 Å². The Bertz CT molecular complexity index is 108. The average Bonchev–Trinajstić information content (AvgIpc) is 1.76. The van der Waals surface area contributed by atoms with E-state index < -0.39 is 16.5 Å². The van der Waals surface area contributed by atoms with Crippen molar-refractivity contribution in [3.8, 4) is 0 Å². The molecule has 4 heteroatoms. The highest BCUT2D eigenvalue weighted by molar-refractivity contribution is 6.74. The molecule has 0 aromatic heterocycles. The quantitative estimate of drug-likeness (QED) is 0.527. The van der Waals surface area contributed by atoms with E-state index in [0.717, 1.165) is 13.1 Å². The van der Waals surface area contributed by atoms with Crippen LogP contribution in [0, 0.1) is 0 Å². The van der Waals surface area contributed by atoms with Gasteiger partial charge in [0.25, 0.3) is 0 Å².